The summed E-state index contributed by atoms with van der Waals surface area (Å²) in [5.74, 6) is 0.713. The zero-order valence-electron chi connectivity index (χ0n) is 26.4. The summed E-state index contributed by atoms with van der Waals surface area (Å²) in [6.45, 7) is 4.20. The Morgan fingerprint density at radius 3 is 1.83 bits per heavy atom. The van der Waals surface area contributed by atoms with Gasteiger partial charge in [-0.05, 0) is 59.9 Å². The van der Waals surface area contributed by atoms with Crippen molar-refractivity contribution in [1.82, 2.24) is 19.9 Å². The second-order valence-corrected chi connectivity index (χ2v) is 11.9. The molecule has 0 radical (unpaired) electrons. The second kappa shape index (κ2) is 12.1. The summed E-state index contributed by atoms with van der Waals surface area (Å²) in [7, 11) is 0. The largest absolute Gasteiger partial charge is 0.251 e. The van der Waals surface area contributed by atoms with Gasteiger partial charge in [0.25, 0.3) is 0 Å². The Bertz CT molecular complexity index is 2320. The zero-order valence-corrected chi connectivity index (χ0v) is 26.4. The third kappa shape index (κ3) is 5.55. The molecule has 0 unspecified atom stereocenters. The van der Waals surface area contributed by atoms with Gasteiger partial charge in [-0.1, -0.05) is 128 Å². The van der Waals surface area contributed by atoms with Gasteiger partial charge < -0.3 is 0 Å². The van der Waals surface area contributed by atoms with Crippen LogP contribution in [0.4, 0.5) is 0 Å². The molecule has 0 N–H and O–H groups in total. The van der Waals surface area contributed by atoms with E-state index in [-0.39, 0.29) is 0 Å². The third-order valence-electron chi connectivity index (χ3n) is 8.70. The van der Waals surface area contributed by atoms with E-state index in [0.717, 1.165) is 84.4 Å². The first-order chi connectivity index (χ1) is 23.1. The summed E-state index contributed by atoms with van der Waals surface area (Å²) in [6, 6.07) is 50.8. The summed E-state index contributed by atoms with van der Waals surface area (Å²) < 4.78 is 0. The molecule has 0 amide bonds. The van der Waals surface area contributed by atoms with Crippen LogP contribution in [-0.4, -0.2) is 19.9 Å². The lowest BCUT2D eigenvalue weighted by atomic mass is 9.95. The number of pyridine rings is 2. The van der Waals surface area contributed by atoms with Crippen molar-refractivity contribution < 1.29 is 0 Å². The van der Waals surface area contributed by atoms with Gasteiger partial charge in [-0.15, -0.1) is 0 Å². The zero-order chi connectivity index (χ0) is 31.7. The molecule has 47 heavy (non-hydrogen) atoms. The van der Waals surface area contributed by atoms with Crippen LogP contribution in [0, 0.1) is 6.92 Å². The smallest absolute Gasteiger partial charge is 0.160 e. The molecule has 4 heteroatoms. The number of fused-ring (bicyclic) bond motifs is 3. The van der Waals surface area contributed by atoms with Crippen molar-refractivity contribution in [3.63, 3.8) is 0 Å². The first-order valence-corrected chi connectivity index (χ1v) is 16.0. The minimum absolute atomic E-state index is 0.713. The Labute approximate surface area is 274 Å². The van der Waals surface area contributed by atoms with E-state index >= 15 is 0 Å². The number of aromatic nitrogens is 4. The van der Waals surface area contributed by atoms with Crippen LogP contribution in [0.15, 0.2) is 146 Å². The molecule has 8 aromatic rings. The van der Waals surface area contributed by atoms with Gasteiger partial charge in [0.15, 0.2) is 5.82 Å². The normalized spacial score (nSPS) is 11.3. The van der Waals surface area contributed by atoms with Crippen molar-refractivity contribution in [2.45, 2.75) is 20.3 Å². The fourth-order valence-electron chi connectivity index (χ4n) is 6.24. The molecule has 0 atom stereocenters. The topological polar surface area (TPSA) is 51.6 Å². The van der Waals surface area contributed by atoms with Crippen molar-refractivity contribution in [2.24, 2.45) is 0 Å². The number of hydrogen-bond acceptors (Lipinski definition) is 4. The van der Waals surface area contributed by atoms with Gasteiger partial charge in [0.2, 0.25) is 0 Å². The molecule has 0 bridgehead atoms. The van der Waals surface area contributed by atoms with Gasteiger partial charge in [0.05, 0.1) is 22.4 Å². The molecule has 0 spiro atoms. The average Bonchev–Trinajstić information content (AvgIpc) is 3.15. The van der Waals surface area contributed by atoms with Crippen LogP contribution in [0.25, 0.3) is 78.0 Å². The molecule has 0 saturated carbocycles. The van der Waals surface area contributed by atoms with E-state index in [2.05, 4.69) is 123 Å². The maximum atomic E-state index is 5.04. The average molecular weight is 605 g/mol. The monoisotopic (exact) mass is 604 g/mol. The lowest BCUT2D eigenvalue weighted by Gasteiger charge is -2.12. The SMILES string of the molecule is CCc1ccc2ccc3c(-c4ccc(-c5cccc(-c6cc(-c7ccccc7)nc(-c7ccccc7)n6)c5)cc4)cc(C)nc3c2n1. The van der Waals surface area contributed by atoms with Gasteiger partial charge in [-0.3, -0.25) is 9.97 Å². The van der Waals surface area contributed by atoms with E-state index in [1.54, 1.807) is 0 Å². The maximum Gasteiger partial charge on any atom is 0.160 e. The van der Waals surface area contributed by atoms with Gasteiger partial charge in [-0.2, -0.15) is 0 Å². The molecule has 224 valence electrons. The molecule has 0 aliphatic heterocycles. The highest BCUT2D eigenvalue weighted by Crippen LogP contribution is 2.35. The molecule has 4 nitrogen and oxygen atoms in total. The number of nitrogens with zero attached hydrogens (tertiary/aromatic N) is 4. The highest BCUT2D eigenvalue weighted by atomic mass is 14.9. The lowest BCUT2D eigenvalue weighted by molar-refractivity contribution is 1.06. The van der Waals surface area contributed by atoms with Crippen LogP contribution in [0.2, 0.25) is 0 Å². The highest BCUT2D eigenvalue weighted by molar-refractivity contribution is 6.08. The standard InChI is InChI=1S/C43H32N4/c1-3-36-23-21-32-22-24-37-38(25-28(2)44-42(37)41(32)45-36)30-19-17-29(18-20-30)34-15-10-16-35(26-34)40-27-39(31-11-6-4-7-12-31)46-43(47-40)33-13-8-5-9-14-33/h4-27H,3H2,1-2H3. The van der Waals surface area contributed by atoms with E-state index in [1.807, 2.05) is 36.4 Å². The molecule has 0 aliphatic carbocycles. The quantitative estimate of drug-likeness (QED) is 0.177. The van der Waals surface area contributed by atoms with Gasteiger partial charge in [0.1, 0.15) is 0 Å². The number of aryl methyl sites for hydroxylation is 2. The Morgan fingerprint density at radius 1 is 0.447 bits per heavy atom. The van der Waals surface area contributed by atoms with E-state index in [4.69, 9.17) is 19.9 Å². The van der Waals surface area contributed by atoms with Crippen molar-refractivity contribution in [3.05, 3.63) is 157 Å². The molecule has 0 aliphatic rings. The minimum atomic E-state index is 0.713. The summed E-state index contributed by atoms with van der Waals surface area (Å²) in [5.41, 5.74) is 13.5. The number of rotatable bonds is 6. The molecule has 5 aromatic carbocycles. The van der Waals surface area contributed by atoms with Crippen molar-refractivity contribution >= 4 is 21.8 Å². The van der Waals surface area contributed by atoms with Crippen LogP contribution in [0.3, 0.4) is 0 Å². The highest BCUT2D eigenvalue weighted by Gasteiger charge is 2.13. The third-order valence-corrected chi connectivity index (χ3v) is 8.70. The molecule has 3 heterocycles. The molecule has 0 fully saturated rings. The minimum Gasteiger partial charge on any atom is -0.251 e. The van der Waals surface area contributed by atoms with Crippen LogP contribution < -0.4 is 0 Å². The molecular weight excluding hydrogens is 573 g/mol. The van der Waals surface area contributed by atoms with Crippen LogP contribution >= 0.6 is 0 Å². The van der Waals surface area contributed by atoms with Crippen LogP contribution in [0.1, 0.15) is 18.3 Å². The Balaban J connectivity index is 1.18. The van der Waals surface area contributed by atoms with Crippen molar-refractivity contribution in [1.29, 1.82) is 0 Å². The van der Waals surface area contributed by atoms with E-state index in [1.165, 1.54) is 5.56 Å². The number of benzene rings is 5. The first-order valence-electron chi connectivity index (χ1n) is 16.0. The van der Waals surface area contributed by atoms with Gasteiger partial charge in [0, 0.05) is 38.9 Å². The van der Waals surface area contributed by atoms with E-state index in [9.17, 15) is 0 Å². The fourth-order valence-corrected chi connectivity index (χ4v) is 6.24. The Morgan fingerprint density at radius 2 is 1.09 bits per heavy atom. The molecule has 3 aromatic heterocycles. The van der Waals surface area contributed by atoms with Gasteiger partial charge in [-0.25, -0.2) is 9.97 Å². The van der Waals surface area contributed by atoms with Crippen LogP contribution in [-0.2, 0) is 6.42 Å². The van der Waals surface area contributed by atoms with E-state index < -0.39 is 0 Å². The first kappa shape index (κ1) is 28.5. The lowest BCUT2D eigenvalue weighted by Crippen LogP contribution is -1.96. The number of hydrogen-bond donors (Lipinski definition) is 0. The predicted octanol–water partition coefficient (Wildman–Crippen LogP) is 10.8. The summed E-state index contributed by atoms with van der Waals surface area (Å²) in [5, 5.41) is 2.23. The van der Waals surface area contributed by atoms with Crippen molar-refractivity contribution in [3.8, 4) is 56.2 Å². The molecule has 0 saturated heterocycles. The maximum absolute atomic E-state index is 5.04. The van der Waals surface area contributed by atoms with Crippen LogP contribution in [0.5, 0.6) is 0 Å². The Hall–Kier alpha value is -6.00. The summed E-state index contributed by atoms with van der Waals surface area (Å²) in [6.07, 6.45) is 0.896. The van der Waals surface area contributed by atoms with Gasteiger partial charge >= 0.3 is 0 Å². The second-order valence-electron chi connectivity index (χ2n) is 11.9. The molecular formula is C43H32N4. The predicted molar refractivity (Wildman–Crippen MR) is 194 cm³/mol. The molecule has 8 rings (SSSR count). The fraction of sp³-hybridized carbons (Fsp3) is 0.0698. The summed E-state index contributed by atoms with van der Waals surface area (Å²) >= 11 is 0. The summed E-state index contributed by atoms with van der Waals surface area (Å²) in [4.78, 5) is 19.9. The Kier molecular flexibility index (Phi) is 7.31. The van der Waals surface area contributed by atoms with Crippen molar-refractivity contribution in [2.75, 3.05) is 0 Å². The van der Waals surface area contributed by atoms with E-state index in [0.29, 0.717) is 5.82 Å².